The maximum Gasteiger partial charge on any atom is 0.322 e. The molecule has 0 fully saturated rings. The minimum atomic E-state index is -0.167. The van der Waals surface area contributed by atoms with Crippen LogP contribution in [0.15, 0.2) is 48.5 Å². The van der Waals surface area contributed by atoms with Crippen LogP contribution in [-0.4, -0.2) is 20.7 Å². The number of nitrogens with one attached hydrogen (secondary N) is 1. The molecule has 7 nitrogen and oxygen atoms in total. The lowest BCUT2D eigenvalue weighted by molar-refractivity contribution is 0.212. The Hall–Kier alpha value is -3.48. The first-order valence-corrected chi connectivity index (χ1v) is 9.60. The summed E-state index contributed by atoms with van der Waals surface area (Å²) in [5.74, 6) is 1.38. The standard InChI is InChI=1S/C22H25N5O2/c1-14-11-17(29-15(2)16-7-5-4-6-8-16)9-10-19(14)24-22(28)27-12-18-20(13-27)25-26(3)21(18)23/h4-11,15H,12-13,23H2,1-3H3,(H,24,28). The molecule has 0 bridgehead atoms. The van der Waals surface area contributed by atoms with Gasteiger partial charge in [0.2, 0.25) is 0 Å². The molecule has 2 aromatic carbocycles. The largest absolute Gasteiger partial charge is 0.486 e. The van der Waals surface area contributed by atoms with Crippen LogP contribution in [0.4, 0.5) is 16.3 Å². The van der Waals surface area contributed by atoms with Crippen molar-refractivity contribution in [2.75, 3.05) is 11.1 Å². The number of carbonyl (C=O) groups is 1. The number of amides is 2. The molecule has 1 aromatic heterocycles. The third kappa shape index (κ3) is 3.76. The smallest absolute Gasteiger partial charge is 0.322 e. The maximum absolute atomic E-state index is 12.7. The van der Waals surface area contributed by atoms with Crippen molar-refractivity contribution in [2.24, 2.45) is 7.05 Å². The van der Waals surface area contributed by atoms with Gasteiger partial charge in [-0.05, 0) is 43.2 Å². The number of nitrogens with two attached hydrogens (primary N) is 1. The van der Waals surface area contributed by atoms with E-state index in [1.807, 2.05) is 69.4 Å². The number of hydrogen-bond donors (Lipinski definition) is 2. The minimum absolute atomic E-state index is 0.0577. The van der Waals surface area contributed by atoms with Gasteiger partial charge in [-0.1, -0.05) is 30.3 Å². The third-order valence-corrected chi connectivity index (χ3v) is 5.28. The highest BCUT2D eigenvalue weighted by atomic mass is 16.5. The van der Waals surface area contributed by atoms with Crippen molar-refractivity contribution >= 4 is 17.5 Å². The number of anilines is 2. The van der Waals surface area contributed by atoms with Crippen LogP contribution in [0.25, 0.3) is 0 Å². The molecule has 1 aliphatic rings. The summed E-state index contributed by atoms with van der Waals surface area (Å²) in [7, 11) is 1.81. The molecule has 3 N–H and O–H groups in total. The Kier molecular flexibility index (Phi) is 4.88. The second kappa shape index (κ2) is 7.50. The number of hydrogen-bond acceptors (Lipinski definition) is 4. The first-order chi connectivity index (χ1) is 13.9. The molecule has 0 radical (unpaired) electrons. The molecule has 2 heterocycles. The summed E-state index contributed by atoms with van der Waals surface area (Å²) in [6.07, 6.45) is -0.0577. The van der Waals surface area contributed by atoms with Gasteiger partial charge in [0.1, 0.15) is 17.7 Å². The average Bonchev–Trinajstić information content (AvgIpc) is 3.24. The van der Waals surface area contributed by atoms with E-state index in [1.165, 1.54) is 0 Å². The molecule has 1 aliphatic heterocycles. The fraction of sp³-hybridized carbons (Fsp3) is 0.273. The van der Waals surface area contributed by atoms with Gasteiger partial charge in [0.25, 0.3) is 0 Å². The number of nitrogen functional groups attached to an aromatic ring is 1. The van der Waals surface area contributed by atoms with Gasteiger partial charge in [0, 0.05) is 18.3 Å². The Bertz CT molecular complexity index is 1040. The second-order valence-corrected chi connectivity index (χ2v) is 7.37. The van der Waals surface area contributed by atoms with Crippen molar-refractivity contribution < 1.29 is 9.53 Å². The lowest BCUT2D eigenvalue weighted by atomic mass is 10.1. The Balaban J connectivity index is 1.40. The van der Waals surface area contributed by atoms with Gasteiger partial charge in [-0.15, -0.1) is 0 Å². The van der Waals surface area contributed by atoms with E-state index in [0.717, 1.165) is 33.8 Å². The summed E-state index contributed by atoms with van der Waals surface area (Å²) >= 11 is 0. The van der Waals surface area contributed by atoms with Crippen LogP contribution in [-0.2, 0) is 20.1 Å². The third-order valence-electron chi connectivity index (χ3n) is 5.28. The first-order valence-electron chi connectivity index (χ1n) is 9.60. The molecule has 4 rings (SSSR count). The summed E-state index contributed by atoms with van der Waals surface area (Å²) < 4.78 is 7.70. The number of aromatic nitrogens is 2. The molecule has 0 aliphatic carbocycles. The minimum Gasteiger partial charge on any atom is -0.486 e. The quantitative estimate of drug-likeness (QED) is 0.704. The van der Waals surface area contributed by atoms with Gasteiger partial charge < -0.3 is 20.7 Å². The predicted octanol–water partition coefficient (Wildman–Crippen LogP) is 4.00. The van der Waals surface area contributed by atoms with E-state index in [4.69, 9.17) is 10.5 Å². The molecular weight excluding hydrogens is 366 g/mol. The molecular formula is C22H25N5O2. The average molecular weight is 391 g/mol. The highest BCUT2D eigenvalue weighted by Crippen LogP contribution is 2.29. The van der Waals surface area contributed by atoms with E-state index in [1.54, 1.807) is 9.58 Å². The van der Waals surface area contributed by atoms with E-state index in [9.17, 15) is 4.79 Å². The Labute approximate surface area is 170 Å². The van der Waals surface area contributed by atoms with Crippen LogP contribution >= 0.6 is 0 Å². The van der Waals surface area contributed by atoms with E-state index < -0.39 is 0 Å². The zero-order valence-electron chi connectivity index (χ0n) is 16.8. The molecule has 150 valence electrons. The van der Waals surface area contributed by atoms with Crippen LogP contribution in [0.1, 0.15) is 35.4 Å². The number of ether oxygens (including phenoxy) is 1. The fourth-order valence-corrected chi connectivity index (χ4v) is 3.55. The molecule has 29 heavy (non-hydrogen) atoms. The monoisotopic (exact) mass is 391 g/mol. The van der Waals surface area contributed by atoms with Crippen molar-refractivity contribution in [3.63, 3.8) is 0 Å². The van der Waals surface area contributed by atoms with Crippen LogP contribution < -0.4 is 15.8 Å². The number of benzene rings is 2. The van der Waals surface area contributed by atoms with Gasteiger partial charge in [0.05, 0.1) is 18.8 Å². The maximum atomic E-state index is 12.7. The summed E-state index contributed by atoms with van der Waals surface area (Å²) in [6, 6.07) is 15.6. The lowest BCUT2D eigenvalue weighted by Crippen LogP contribution is -2.31. The molecule has 0 saturated carbocycles. The van der Waals surface area contributed by atoms with Crippen LogP contribution in [0, 0.1) is 6.92 Å². The van der Waals surface area contributed by atoms with Crippen molar-refractivity contribution in [1.82, 2.24) is 14.7 Å². The molecule has 2 amide bonds. The van der Waals surface area contributed by atoms with Gasteiger partial charge >= 0.3 is 6.03 Å². The molecule has 3 aromatic rings. The Morgan fingerprint density at radius 2 is 1.97 bits per heavy atom. The lowest BCUT2D eigenvalue weighted by Gasteiger charge is -2.19. The van der Waals surface area contributed by atoms with Crippen molar-refractivity contribution in [3.8, 4) is 5.75 Å². The number of aryl methyl sites for hydroxylation is 2. The zero-order valence-corrected chi connectivity index (χ0v) is 16.8. The van der Waals surface area contributed by atoms with Gasteiger partial charge in [0.15, 0.2) is 0 Å². The van der Waals surface area contributed by atoms with Crippen molar-refractivity contribution in [1.29, 1.82) is 0 Å². The number of fused-ring (bicyclic) bond motifs is 1. The van der Waals surface area contributed by atoms with E-state index >= 15 is 0 Å². The molecule has 0 saturated heterocycles. The van der Waals surface area contributed by atoms with E-state index in [-0.39, 0.29) is 12.1 Å². The summed E-state index contributed by atoms with van der Waals surface area (Å²) in [5, 5.41) is 7.34. The van der Waals surface area contributed by atoms with Gasteiger partial charge in [-0.2, -0.15) is 5.10 Å². The normalized spacial score (nSPS) is 13.8. The molecule has 0 spiro atoms. The molecule has 1 atom stereocenters. The zero-order chi connectivity index (χ0) is 20.5. The Morgan fingerprint density at radius 3 is 2.66 bits per heavy atom. The second-order valence-electron chi connectivity index (χ2n) is 7.37. The van der Waals surface area contributed by atoms with Crippen LogP contribution in [0.5, 0.6) is 5.75 Å². The van der Waals surface area contributed by atoms with E-state index in [2.05, 4.69) is 10.4 Å². The highest BCUT2D eigenvalue weighted by molar-refractivity contribution is 5.90. The molecule has 1 unspecified atom stereocenters. The van der Waals surface area contributed by atoms with Gasteiger partial charge in [-0.25, -0.2) is 4.79 Å². The topological polar surface area (TPSA) is 85.4 Å². The fourth-order valence-electron chi connectivity index (χ4n) is 3.55. The highest BCUT2D eigenvalue weighted by Gasteiger charge is 2.29. The van der Waals surface area contributed by atoms with Crippen molar-refractivity contribution in [2.45, 2.75) is 33.0 Å². The van der Waals surface area contributed by atoms with Crippen LogP contribution in [0.3, 0.4) is 0 Å². The summed E-state index contributed by atoms with van der Waals surface area (Å²) in [5.41, 5.74) is 10.6. The van der Waals surface area contributed by atoms with E-state index in [0.29, 0.717) is 18.9 Å². The summed E-state index contributed by atoms with van der Waals surface area (Å²) in [4.78, 5) is 14.4. The number of urea groups is 1. The summed E-state index contributed by atoms with van der Waals surface area (Å²) in [6.45, 7) is 4.90. The Morgan fingerprint density at radius 1 is 1.21 bits per heavy atom. The molecule has 7 heteroatoms. The number of rotatable bonds is 4. The van der Waals surface area contributed by atoms with Crippen LogP contribution in [0.2, 0.25) is 0 Å². The number of carbonyl (C=O) groups excluding carboxylic acids is 1. The number of nitrogens with zero attached hydrogens (tertiary/aromatic N) is 3. The predicted molar refractivity (Wildman–Crippen MR) is 113 cm³/mol. The first kappa shape index (κ1) is 18.9. The van der Waals surface area contributed by atoms with Gasteiger partial charge in [-0.3, -0.25) is 4.68 Å². The van der Waals surface area contributed by atoms with Crippen molar-refractivity contribution in [3.05, 3.63) is 70.9 Å². The SMILES string of the molecule is Cc1cc(OC(C)c2ccccc2)ccc1NC(=O)N1Cc2nn(C)c(N)c2C1.